The van der Waals surface area contributed by atoms with Crippen molar-refractivity contribution >= 4 is 17.4 Å². The van der Waals surface area contributed by atoms with Gasteiger partial charge in [-0.2, -0.15) is 0 Å². The van der Waals surface area contributed by atoms with Crippen molar-refractivity contribution < 1.29 is 9.53 Å². The quantitative estimate of drug-likeness (QED) is 0.816. The zero-order chi connectivity index (χ0) is 15.5. The fraction of sp³-hybridized carbons (Fsp3) is 0.786. The molecule has 0 N–H and O–H groups in total. The minimum absolute atomic E-state index is 0.184. The molecule has 1 aromatic heterocycles. The zero-order valence-electron chi connectivity index (χ0n) is 13.2. The molecule has 3 rings (SSSR count). The first kappa shape index (κ1) is 15.5. The van der Waals surface area contributed by atoms with Gasteiger partial charge in [-0.1, -0.05) is 11.3 Å². The van der Waals surface area contributed by atoms with Gasteiger partial charge < -0.3 is 14.5 Å². The highest BCUT2D eigenvalue weighted by atomic mass is 32.1. The molecule has 2 fully saturated rings. The van der Waals surface area contributed by atoms with Gasteiger partial charge in [-0.3, -0.25) is 4.90 Å². The Morgan fingerprint density at radius 2 is 2.00 bits per heavy atom. The number of carbonyl (C=O) groups excluding carboxylic acids is 1. The van der Waals surface area contributed by atoms with Crippen LogP contribution in [-0.4, -0.2) is 76.8 Å². The highest BCUT2D eigenvalue weighted by Crippen LogP contribution is 2.24. The van der Waals surface area contributed by atoms with Crippen molar-refractivity contribution in [2.75, 3.05) is 39.8 Å². The van der Waals surface area contributed by atoms with Crippen molar-refractivity contribution in [2.45, 2.75) is 32.4 Å². The molecule has 3 heterocycles. The molecular weight excluding hydrogens is 302 g/mol. The molecule has 2 aliphatic heterocycles. The van der Waals surface area contributed by atoms with Crippen molar-refractivity contribution in [1.82, 2.24) is 24.9 Å². The van der Waals surface area contributed by atoms with Crippen LogP contribution in [0.1, 0.15) is 24.8 Å². The van der Waals surface area contributed by atoms with Gasteiger partial charge in [0.05, 0.1) is 13.2 Å². The first-order chi connectivity index (χ1) is 10.7. The Balaban J connectivity index is 1.48. The van der Waals surface area contributed by atoms with Crippen LogP contribution in [0.25, 0.3) is 0 Å². The molecular formula is C14H23N5O2S. The topological polar surface area (TPSA) is 61.8 Å². The molecule has 2 saturated heterocycles. The number of urea groups is 1. The number of hydrogen-bond donors (Lipinski definition) is 0. The van der Waals surface area contributed by atoms with Crippen LogP contribution < -0.4 is 4.74 Å². The molecule has 2 amide bonds. The molecule has 2 aliphatic rings. The predicted octanol–water partition coefficient (Wildman–Crippen LogP) is 1.27. The van der Waals surface area contributed by atoms with Gasteiger partial charge in [0, 0.05) is 39.3 Å². The normalized spacial score (nSPS) is 20.9. The average molecular weight is 325 g/mol. The summed E-state index contributed by atoms with van der Waals surface area (Å²) < 4.78 is 5.36. The number of aromatic nitrogens is 2. The summed E-state index contributed by atoms with van der Waals surface area (Å²) in [7, 11) is 1.88. The highest BCUT2D eigenvalue weighted by Gasteiger charge is 2.33. The molecule has 0 saturated carbocycles. The molecule has 8 heteroatoms. The van der Waals surface area contributed by atoms with E-state index in [9.17, 15) is 4.79 Å². The number of likely N-dealkylation sites (tertiary alicyclic amines) is 1. The summed E-state index contributed by atoms with van der Waals surface area (Å²) in [5.74, 6) is 0. The van der Waals surface area contributed by atoms with Crippen LogP contribution in [0.15, 0.2) is 0 Å². The number of carbonyl (C=O) groups is 1. The average Bonchev–Trinajstić information content (AvgIpc) is 3.09. The summed E-state index contributed by atoms with van der Waals surface area (Å²) in [6, 6.07) is 0.575. The highest BCUT2D eigenvalue weighted by molar-refractivity contribution is 7.13. The Kier molecular flexibility index (Phi) is 4.77. The van der Waals surface area contributed by atoms with E-state index in [0.29, 0.717) is 17.8 Å². The van der Waals surface area contributed by atoms with E-state index in [1.54, 1.807) is 0 Å². The molecule has 22 heavy (non-hydrogen) atoms. The van der Waals surface area contributed by atoms with E-state index >= 15 is 0 Å². The first-order valence-electron chi connectivity index (χ1n) is 7.86. The molecule has 0 spiro atoms. The summed E-state index contributed by atoms with van der Waals surface area (Å²) in [4.78, 5) is 18.3. The fourth-order valence-corrected chi connectivity index (χ4v) is 3.86. The summed E-state index contributed by atoms with van der Waals surface area (Å²) in [6.45, 7) is 7.12. The van der Waals surface area contributed by atoms with E-state index in [1.165, 1.54) is 11.3 Å². The Bertz CT molecular complexity index is 515. The van der Waals surface area contributed by atoms with Crippen LogP contribution in [-0.2, 0) is 6.54 Å². The number of ether oxygens (including phenoxy) is 1. The Hall–Kier alpha value is -1.41. The number of likely N-dealkylation sites (N-methyl/N-ethyl adjacent to an activating group) is 1. The second-order valence-electron chi connectivity index (χ2n) is 5.80. The van der Waals surface area contributed by atoms with Gasteiger partial charge in [-0.25, -0.2) is 4.79 Å². The van der Waals surface area contributed by atoms with E-state index in [-0.39, 0.29) is 6.03 Å². The monoisotopic (exact) mass is 325 g/mol. The number of amides is 2. The molecule has 0 aromatic carbocycles. The SMILES string of the molecule is CCOc1nnc(CN2CCC(N3CCN(C)C3=O)CC2)s1. The molecule has 0 atom stereocenters. The maximum absolute atomic E-state index is 12.0. The second kappa shape index (κ2) is 6.78. The van der Waals surface area contributed by atoms with Gasteiger partial charge in [0.1, 0.15) is 5.01 Å². The van der Waals surface area contributed by atoms with Crippen LogP contribution >= 0.6 is 11.3 Å². The lowest BCUT2D eigenvalue weighted by molar-refractivity contribution is 0.127. The number of rotatable bonds is 5. The van der Waals surface area contributed by atoms with Gasteiger partial charge in [0.2, 0.25) is 0 Å². The lowest BCUT2D eigenvalue weighted by Gasteiger charge is -2.35. The van der Waals surface area contributed by atoms with Crippen molar-refractivity contribution in [3.8, 4) is 5.19 Å². The molecule has 0 radical (unpaired) electrons. The van der Waals surface area contributed by atoms with E-state index in [1.807, 2.05) is 23.8 Å². The number of hydrogen-bond acceptors (Lipinski definition) is 6. The van der Waals surface area contributed by atoms with Crippen molar-refractivity contribution in [1.29, 1.82) is 0 Å². The summed E-state index contributed by atoms with van der Waals surface area (Å²) in [5.41, 5.74) is 0. The van der Waals surface area contributed by atoms with Gasteiger partial charge in [0.25, 0.3) is 5.19 Å². The number of nitrogens with zero attached hydrogens (tertiary/aromatic N) is 5. The van der Waals surface area contributed by atoms with Crippen LogP contribution in [0.4, 0.5) is 4.79 Å². The molecule has 0 unspecified atom stereocenters. The van der Waals surface area contributed by atoms with Crippen molar-refractivity contribution in [3.05, 3.63) is 5.01 Å². The van der Waals surface area contributed by atoms with E-state index in [0.717, 1.165) is 50.6 Å². The Morgan fingerprint density at radius 1 is 1.23 bits per heavy atom. The van der Waals surface area contributed by atoms with E-state index in [2.05, 4.69) is 15.1 Å². The third-order valence-corrected chi connectivity index (χ3v) is 5.14. The minimum Gasteiger partial charge on any atom is -0.469 e. The second-order valence-corrected chi connectivity index (χ2v) is 6.82. The molecule has 1 aromatic rings. The largest absolute Gasteiger partial charge is 0.469 e. The maximum atomic E-state index is 12.0. The minimum atomic E-state index is 0.184. The van der Waals surface area contributed by atoms with Gasteiger partial charge in [-0.05, 0) is 19.8 Å². The standard InChI is InChI=1S/C14H23N5O2S/c1-3-21-13-16-15-12(22-13)10-18-6-4-11(5-7-18)19-9-8-17(2)14(19)20/h11H,3-10H2,1-2H3. The Labute approximate surface area is 134 Å². The summed E-state index contributed by atoms with van der Waals surface area (Å²) in [6.07, 6.45) is 2.08. The van der Waals surface area contributed by atoms with Gasteiger partial charge in [-0.15, -0.1) is 10.2 Å². The Morgan fingerprint density at radius 3 is 2.64 bits per heavy atom. The fourth-order valence-electron chi connectivity index (χ4n) is 3.07. The van der Waals surface area contributed by atoms with Crippen LogP contribution in [0.3, 0.4) is 0 Å². The lowest BCUT2D eigenvalue weighted by atomic mass is 10.0. The van der Waals surface area contributed by atoms with Gasteiger partial charge >= 0.3 is 6.03 Å². The smallest absolute Gasteiger partial charge is 0.320 e. The molecule has 122 valence electrons. The van der Waals surface area contributed by atoms with Crippen LogP contribution in [0.5, 0.6) is 5.19 Å². The van der Waals surface area contributed by atoms with Crippen molar-refractivity contribution in [2.24, 2.45) is 0 Å². The van der Waals surface area contributed by atoms with Crippen LogP contribution in [0.2, 0.25) is 0 Å². The third-order valence-electron chi connectivity index (χ3n) is 4.32. The number of piperidine rings is 1. The molecule has 7 nitrogen and oxygen atoms in total. The molecule has 0 aliphatic carbocycles. The van der Waals surface area contributed by atoms with Crippen LogP contribution in [0, 0.1) is 0 Å². The zero-order valence-corrected chi connectivity index (χ0v) is 14.0. The summed E-state index contributed by atoms with van der Waals surface area (Å²) >= 11 is 1.52. The van der Waals surface area contributed by atoms with Gasteiger partial charge in [0.15, 0.2) is 0 Å². The maximum Gasteiger partial charge on any atom is 0.320 e. The third kappa shape index (κ3) is 3.33. The predicted molar refractivity (Wildman–Crippen MR) is 84.1 cm³/mol. The van der Waals surface area contributed by atoms with E-state index < -0.39 is 0 Å². The van der Waals surface area contributed by atoms with Crippen molar-refractivity contribution in [3.63, 3.8) is 0 Å². The first-order valence-corrected chi connectivity index (χ1v) is 8.68. The lowest BCUT2D eigenvalue weighted by Crippen LogP contribution is -2.46. The summed E-state index contributed by atoms with van der Waals surface area (Å²) in [5, 5.41) is 9.86. The van der Waals surface area contributed by atoms with E-state index in [4.69, 9.17) is 4.74 Å². The molecule has 0 bridgehead atoms.